The molecule has 0 aliphatic heterocycles. The van der Waals surface area contributed by atoms with Crippen molar-refractivity contribution < 1.29 is 0 Å². The molecule has 4 nitrogen and oxygen atoms in total. The summed E-state index contributed by atoms with van der Waals surface area (Å²) < 4.78 is 1.85. The van der Waals surface area contributed by atoms with Crippen molar-refractivity contribution in [2.45, 2.75) is 13.5 Å². The average Bonchev–Trinajstić information content (AvgIpc) is 2.88. The number of anilines is 1. The smallest absolute Gasteiger partial charge is 0.181 e. The van der Waals surface area contributed by atoms with E-state index >= 15 is 0 Å². The molecule has 0 saturated heterocycles. The molecule has 0 unspecified atom stereocenters. The van der Waals surface area contributed by atoms with Gasteiger partial charge >= 0.3 is 0 Å². The van der Waals surface area contributed by atoms with Crippen molar-refractivity contribution in [1.29, 1.82) is 0 Å². The predicted octanol–water partition coefficient (Wildman–Crippen LogP) is 2.88. The van der Waals surface area contributed by atoms with E-state index in [-0.39, 0.29) is 0 Å². The Labute approximate surface area is 117 Å². The molecule has 1 heterocycles. The molecule has 4 heteroatoms. The number of hydrogen-bond acceptors (Lipinski definition) is 3. The maximum Gasteiger partial charge on any atom is 0.181 e. The number of aryl methyl sites for hydroxylation is 1. The first-order chi connectivity index (χ1) is 9.70. The van der Waals surface area contributed by atoms with Crippen LogP contribution in [0.15, 0.2) is 54.9 Å². The summed E-state index contributed by atoms with van der Waals surface area (Å²) in [5.41, 5.74) is 9.87. The van der Waals surface area contributed by atoms with Gasteiger partial charge in [-0.15, -0.1) is 0 Å². The normalized spacial score (nSPS) is 10.7. The van der Waals surface area contributed by atoms with Gasteiger partial charge in [0.05, 0.1) is 6.54 Å². The van der Waals surface area contributed by atoms with Gasteiger partial charge in [-0.25, -0.2) is 9.67 Å². The summed E-state index contributed by atoms with van der Waals surface area (Å²) >= 11 is 0. The van der Waals surface area contributed by atoms with Gasteiger partial charge in [0.1, 0.15) is 6.33 Å². The average molecular weight is 264 g/mol. The monoisotopic (exact) mass is 264 g/mol. The minimum atomic E-state index is 0.720. The van der Waals surface area contributed by atoms with E-state index in [1.807, 2.05) is 28.9 Å². The second-order valence-corrected chi connectivity index (χ2v) is 4.88. The molecule has 0 aliphatic rings. The van der Waals surface area contributed by atoms with Crippen LogP contribution in [0.1, 0.15) is 11.1 Å². The standard InChI is InChI=1S/C16H16N4/c1-12-3-2-4-13(9-12)10-20-11-18-16(19-20)14-5-7-15(17)8-6-14/h2-9,11H,10,17H2,1H3. The van der Waals surface area contributed by atoms with Crippen LogP contribution in [0.5, 0.6) is 0 Å². The number of rotatable bonds is 3. The van der Waals surface area contributed by atoms with Crippen LogP contribution in [0.2, 0.25) is 0 Å². The highest BCUT2D eigenvalue weighted by atomic mass is 15.3. The highest BCUT2D eigenvalue weighted by Gasteiger charge is 2.04. The Kier molecular flexibility index (Phi) is 3.21. The van der Waals surface area contributed by atoms with Crippen LogP contribution < -0.4 is 5.73 Å². The zero-order chi connectivity index (χ0) is 13.9. The van der Waals surface area contributed by atoms with Gasteiger partial charge in [0.2, 0.25) is 0 Å². The van der Waals surface area contributed by atoms with E-state index in [0.717, 1.165) is 23.6 Å². The van der Waals surface area contributed by atoms with Crippen LogP contribution in [0.3, 0.4) is 0 Å². The molecule has 2 aromatic carbocycles. The van der Waals surface area contributed by atoms with Crippen molar-refractivity contribution in [3.05, 3.63) is 66.0 Å². The molecule has 3 aromatic rings. The van der Waals surface area contributed by atoms with E-state index in [1.54, 1.807) is 6.33 Å². The lowest BCUT2D eigenvalue weighted by atomic mass is 10.1. The Morgan fingerprint density at radius 3 is 2.65 bits per heavy atom. The molecule has 20 heavy (non-hydrogen) atoms. The van der Waals surface area contributed by atoms with E-state index in [4.69, 9.17) is 5.73 Å². The van der Waals surface area contributed by atoms with Crippen molar-refractivity contribution in [2.75, 3.05) is 5.73 Å². The van der Waals surface area contributed by atoms with Gasteiger partial charge in [0.25, 0.3) is 0 Å². The summed E-state index contributed by atoms with van der Waals surface area (Å²) in [5, 5.41) is 4.50. The highest BCUT2D eigenvalue weighted by Crippen LogP contribution is 2.16. The predicted molar refractivity (Wildman–Crippen MR) is 80.2 cm³/mol. The van der Waals surface area contributed by atoms with Crippen LogP contribution in [0, 0.1) is 6.92 Å². The minimum Gasteiger partial charge on any atom is -0.399 e. The molecule has 0 aliphatic carbocycles. The topological polar surface area (TPSA) is 56.7 Å². The summed E-state index contributed by atoms with van der Waals surface area (Å²) in [7, 11) is 0. The third kappa shape index (κ3) is 2.69. The summed E-state index contributed by atoms with van der Waals surface area (Å²) in [6.45, 7) is 2.81. The maximum atomic E-state index is 5.68. The second kappa shape index (κ2) is 5.17. The largest absolute Gasteiger partial charge is 0.399 e. The molecule has 100 valence electrons. The van der Waals surface area contributed by atoms with Gasteiger partial charge in [-0.1, -0.05) is 29.8 Å². The SMILES string of the molecule is Cc1cccc(Cn2cnc(-c3ccc(N)cc3)n2)c1. The van der Waals surface area contributed by atoms with Gasteiger partial charge in [0, 0.05) is 11.3 Å². The lowest BCUT2D eigenvalue weighted by Crippen LogP contribution is -2.00. The van der Waals surface area contributed by atoms with Crippen LogP contribution >= 0.6 is 0 Å². The van der Waals surface area contributed by atoms with Gasteiger partial charge in [-0.3, -0.25) is 0 Å². The first kappa shape index (κ1) is 12.4. The first-order valence-electron chi connectivity index (χ1n) is 6.51. The summed E-state index contributed by atoms with van der Waals surface area (Å²) in [6, 6.07) is 16.0. The molecule has 0 atom stereocenters. The van der Waals surface area contributed by atoms with Gasteiger partial charge in [0.15, 0.2) is 5.82 Å². The van der Waals surface area contributed by atoms with E-state index in [9.17, 15) is 0 Å². The van der Waals surface area contributed by atoms with Crippen molar-refractivity contribution in [3.8, 4) is 11.4 Å². The number of aromatic nitrogens is 3. The Morgan fingerprint density at radius 1 is 1.10 bits per heavy atom. The van der Waals surface area contributed by atoms with Crippen molar-refractivity contribution in [3.63, 3.8) is 0 Å². The highest BCUT2D eigenvalue weighted by molar-refractivity contribution is 5.57. The third-order valence-electron chi connectivity index (χ3n) is 3.13. The van der Waals surface area contributed by atoms with E-state index in [1.165, 1.54) is 11.1 Å². The lowest BCUT2D eigenvalue weighted by Gasteiger charge is -2.02. The van der Waals surface area contributed by atoms with Crippen LogP contribution in [-0.2, 0) is 6.54 Å². The number of nitrogen functional groups attached to an aromatic ring is 1. The lowest BCUT2D eigenvalue weighted by molar-refractivity contribution is 0.686. The molecule has 0 saturated carbocycles. The van der Waals surface area contributed by atoms with E-state index in [2.05, 4.69) is 41.3 Å². The van der Waals surface area contributed by atoms with Crippen LogP contribution in [0.25, 0.3) is 11.4 Å². The molecule has 0 radical (unpaired) electrons. The number of nitrogens with zero attached hydrogens (tertiary/aromatic N) is 3. The quantitative estimate of drug-likeness (QED) is 0.740. The van der Waals surface area contributed by atoms with Crippen molar-refractivity contribution >= 4 is 5.69 Å². The number of benzene rings is 2. The summed E-state index contributed by atoms with van der Waals surface area (Å²) in [6.07, 6.45) is 1.76. The second-order valence-electron chi connectivity index (χ2n) is 4.88. The van der Waals surface area contributed by atoms with Crippen LogP contribution in [0.4, 0.5) is 5.69 Å². The molecule has 1 aromatic heterocycles. The Bertz CT molecular complexity index is 713. The fourth-order valence-electron chi connectivity index (χ4n) is 2.13. The number of nitrogens with two attached hydrogens (primary N) is 1. The zero-order valence-corrected chi connectivity index (χ0v) is 11.3. The molecule has 0 bridgehead atoms. The Balaban J connectivity index is 1.82. The zero-order valence-electron chi connectivity index (χ0n) is 11.3. The van der Waals surface area contributed by atoms with Crippen molar-refractivity contribution in [2.24, 2.45) is 0 Å². The Hall–Kier alpha value is -2.62. The van der Waals surface area contributed by atoms with Crippen LogP contribution in [-0.4, -0.2) is 14.8 Å². The molecule has 3 rings (SSSR count). The molecule has 0 fully saturated rings. The first-order valence-corrected chi connectivity index (χ1v) is 6.51. The number of hydrogen-bond donors (Lipinski definition) is 1. The molecular weight excluding hydrogens is 248 g/mol. The van der Waals surface area contributed by atoms with Crippen molar-refractivity contribution in [1.82, 2.24) is 14.8 Å². The molecule has 2 N–H and O–H groups in total. The van der Waals surface area contributed by atoms with Gasteiger partial charge in [-0.2, -0.15) is 5.10 Å². The molecule has 0 amide bonds. The molecular formula is C16H16N4. The molecule has 0 spiro atoms. The third-order valence-corrected chi connectivity index (χ3v) is 3.13. The fourth-order valence-corrected chi connectivity index (χ4v) is 2.13. The van der Waals surface area contributed by atoms with Gasteiger partial charge in [-0.05, 0) is 36.8 Å². The maximum absolute atomic E-state index is 5.68. The van der Waals surface area contributed by atoms with Gasteiger partial charge < -0.3 is 5.73 Å². The fraction of sp³-hybridized carbons (Fsp3) is 0.125. The Morgan fingerprint density at radius 2 is 1.90 bits per heavy atom. The van der Waals surface area contributed by atoms with E-state index in [0.29, 0.717) is 0 Å². The summed E-state index contributed by atoms with van der Waals surface area (Å²) in [4.78, 5) is 4.35. The minimum absolute atomic E-state index is 0.720. The summed E-state index contributed by atoms with van der Waals surface area (Å²) in [5.74, 6) is 0.720. The van der Waals surface area contributed by atoms with E-state index < -0.39 is 0 Å².